The first-order valence-electron chi connectivity index (χ1n) is 11.1. The third kappa shape index (κ3) is 4.37. The summed E-state index contributed by atoms with van der Waals surface area (Å²) in [4.78, 5) is 18.5. The van der Waals surface area contributed by atoms with Gasteiger partial charge in [0, 0.05) is 24.7 Å². The maximum absolute atomic E-state index is 13.3. The molecular weight excluding hydrogens is 420 g/mol. The summed E-state index contributed by atoms with van der Waals surface area (Å²) in [6.07, 6.45) is 0.948. The van der Waals surface area contributed by atoms with Gasteiger partial charge in [0.1, 0.15) is 11.8 Å². The fourth-order valence-electron chi connectivity index (χ4n) is 4.45. The van der Waals surface area contributed by atoms with E-state index in [1.54, 1.807) is 11.8 Å². The Bertz CT molecular complexity index is 1290. The topological polar surface area (TPSA) is 109 Å². The monoisotopic (exact) mass is 446 g/mol. The van der Waals surface area contributed by atoms with Crippen LogP contribution < -0.4 is 10.3 Å². The zero-order valence-electron chi connectivity index (χ0n) is 18.4. The number of nitrogens with zero attached hydrogens (tertiary/aromatic N) is 5. The highest BCUT2D eigenvalue weighted by atomic mass is 16.5. The van der Waals surface area contributed by atoms with Crippen LogP contribution in [0.2, 0.25) is 0 Å². The van der Waals surface area contributed by atoms with Crippen LogP contribution in [-0.2, 0) is 6.54 Å². The van der Waals surface area contributed by atoms with Crippen molar-refractivity contribution in [2.24, 2.45) is 0 Å². The van der Waals surface area contributed by atoms with Crippen LogP contribution in [0.4, 0.5) is 0 Å². The first kappa shape index (κ1) is 21.3. The van der Waals surface area contributed by atoms with Crippen molar-refractivity contribution in [2.75, 3.05) is 20.2 Å². The molecule has 3 heterocycles. The van der Waals surface area contributed by atoms with Crippen LogP contribution in [0.15, 0.2) is 59.4 Å². The molecule has 0 unspecified atom stereocenters. The number of aromatic amines is 1. The van der Waals surface area contributed by atoms with Crippen molar-refractivity contribution < 1.29 is 9.84 Å². The largest absolute Gasteiger partial charge is 0.497 e. The van der Waals surface area contributed by atoms with Crippen molar-refractivity contribution in [1.82, 2.24) is 30.1 Å². The van der Waals surface area contributed by atoms with E-state index in [1.807, 2.05) is 54.6 Å². The predicted molar refractivity (Wildman–Crippen MR) is 123 cm³/mol. The lowest BCUT2D eigenvalue weighted by atomic mass is 9.99. The van der Waals surface area contributed by atoms with Crippen LogP contribution in [0.3, 0.4) is 0 Å². The Morgan fingerprint density at radius 1 is 1.15 bits per heavy atom. The summed E-state index contributed by atoms with van der Waals surface area (Å²) in [7, 11) is 1.60. The highest BCUT2D eigenvalue weighted by Gasteiger charge is 2.32. The van der Waals surface area contributed by atoms with Gasteiger partial charge in [-0.2, -0.15) is 0 Å². The van der Waals surface area contributed by atoms with Crippen LogP contribution in [0.25, 0.3) is 10.9 Å². The molecule has 9 nitrogen and oxygen atoms in total. The number of methoxy groups -OCH3 is 1. The van der Waals surface area contributed by atoms with E-state index < -0.39 is 6.04 Å². The quantitative estimate of drug-likeness (QED) is 0.467. The number of ether oxygens (including phenoxy) is 1. The Morgan fingerprint density at radius 3 is 2.70 bits per heavy atom. The van der Waals surface area contributed by atoms with E-state index in [2.05, 4.69) is 25.4 Å². The molecular formula is C24H26N6O3. The van der Waals surface area contributed by atoms with Gasteiger partial charge in [-0.15, -0.1) is 5.10 Å². The van der Waals surface area contributed by atoms with E-state index in [0.29, 0.717) is 55.1 Å². The van der Waals surface area contributed by atoms with Crippen LogP contribution >= 0.6 is 0 Å². The van der Waals surface area contributed by atoms with Crippen molar-refractivity contribution in [2.45, 2.75) is 31.5 Å². The van der Waals surface area contributed by atoms with Crippen molar-refractivity contribution >= 4 is 10.9 Å². The molecule has 1 saturated heterocycles. The number of aliphatic hydroxyl groups excluding tert-OH is 1. The second kappa shape index (κ2) is 9.13. The number of hydrogen-bond donors (Lipinski definition) is 2. The molecule has 2 aromatic carbocycles. The molecule has 1 fully saturated rings. The Balaban J connectivity index is 1.60. The second-order valence-electron chi connectivity index (χ2n) is 8.36. The highest BCUT2D eigenvalue weighted by molar-refractivity contribution is 5.80. The minimum Gasteiger partial charge on any atom is -0.497 e. The van der Waals surface area contributed by atoms with E-state index in [-0.39, 0.29) is 11.7 Å². The predicted octanol–water partition coefficient (Wildman–Crippen LogP) is 2.12. The number of benzene rings is 2. The van der Waals surface area contributed by atoms with Gasteiger partial charge in [-0.3, -0.25) is 9.69 Å². The number of likely N-dealkylation sites (tertiary alicyclic amines) is 1. The standard InChI is InChI=1S/C24H26N6O3/c1-33-19-8-7-17-13-20(24(32)25-21(17)14-19)22(29-11-9-18(31)10-12-29)23-26-27-28-30(23)15-16-5-3-2-4-6-16/h2-8,13-14,18,22,31H,9-12,15H2,1H3,(H,25,32)/t22-/m1/s1. The van der Waals surface area contributed by atoms with Crippen molar-refractivity contribution in [3.05, 3.63) is 81.9 Å². The third-order valence-electron chi connectivity index (χ3n) is 6.22. The zero-order chi connectivity index (χ0) is 22.8. The molecule has 4 aromatic rings. The fourth-order valence-corrected chi connectivity index (χ4v) is 4.45. The van der Waals surface area contributed by atoms with E-state index in [0.717, 1.165) is 10.9 Å². The normalized spacial score (nSPS) is 16.2. The van der Waals surface area contributed by atoms with Crippen LogP contribution in [0.1, 0.15) is 35.8 Å². The van der Waals surface area contributed by atoms with E-state index >= 15 is 0 Å². The maximum atomic E-state index is 13.3. The van der Waals surface area contributed by atoms with Gasteiger partial charge in [0.05, 0.1) is 25.3 Å². The molecule has 2 aromatic heterocycles. The van der Waals surface area contributed by atoms with Gasteiger partial charge in [-0.05, 0) is 52.4 Å². The number of aliphatic hydroxyl groups is 1. The smallest absolute Gasteiger partial charge is 0.253 e. The number of hydrogen-bond acceptors (Lipinski definition) is 7. The van der Waals surface area contributed by atoms with E-state index in [9.17, 15) is 9.90 Å². The molecule has 0 aliphatic carbocycles. The number of aromatic nitrogens is 5. The van der Waals surface area contributed by atoms with Gasteiger partial charge in [-0.1, -0.05) is 30.3 Å². The third-order valence-corrected chi connectivity index (χ3v) is 6.22. The van der Waals surface area contributed by atoms with Gasteiger partial charge >= 0.3 is 0 Å². The molecule has 0 bridgehead atoms. The van der Waals surface area contributed by atoms with Crippen LogP contribution in [0.5, 0.6) is 5.75 Å². The first-order chi connectivity index (χ1) is 16.1. The van der Waals surface area contributed by atoms with Gasteiger partial charge < -0.3 is 14.8 Å². The summed E-state index contributed by atoms with van der Waals surface area (Å²) in [6.45, 7) is 1.78. The molecule has 0 radical (unpaired) electrons. The van der Waals surface area contributed by atoms with Crippen molar-refractivity contribution in [3.63, 3.8) is 0 Å². The molecule has 1 aliphatic rings. The number of H-pyrrole nitrogens is 1. The molecule has 170 valence electrons. The minimum absolute atomic E-state index is 0.193. The average molecular weight is 447 g/mol. The second-order valence-corrected chi connectivity index (χ2v) is 8.36. The van der Waals surface area contributed by atoms with Gasteiger partial charge in [-0.25, -0.2) is 4.68 Å². The minimum atomic E-state index is -0.438. The van der Waals surface area contributed by atoms with E-state index in [4.69, 9.17) is 4.74 Å². The molecule has 0 amide bonds. The summed E-state index contributed by atoms with van der Waals surface area (Å²) in [5.74, 6) is 1.29. The zero-order valence-corrected chi connectivity index (χ0v) is 18.4. The van der Waals surface area contributed by atoms with Gasteiger partial charge in [0.15, 0.2) is 5.82 Å². The highest BCUT2D eigenvalue weighted by Crippen LogP contribution is 2.30. The number of piperidine rings is 1. The Morgan fingerprint density at radius 2 is 1.94 bits per heavy atom. The average Bonchev–Trinajstić information content (AvgIpc) is 3.28. The summed E-state index contributed by atoms with van der Waals surface area (Å²) < 4.78 is 7.05. The SMILES string of the molecule is COc1ccc2cc([C@H](c3nnnn3Cc3ccccc3)N3CCC(O)CC3)c(=O)[nH]c2c1. The number of rotatable bonds is 6. The summed E-state index contributed by atoms with van der Waals surface area (Å²) in [5.41, 5.74) is 2.16. The molecule has 5 rings (SSSR count). The van der Waals surface area contributed by atoms with Gasteiger partial charge in [0.2, 0.25) is 0 Å². The molecule has 9 heteroatoms. The number of pyridine rings is 1. The molecule has 0 spiro atoms. The number of tetrazole rings is 1. The Labute approximate surface area is 190 Å². The van der Waals surface area contributed by atoms with Crippen molar-refractivity contribution in [3.8, 4) is 5.75 Å². The molecule has 2 N–H and O–H groups in total. The molecule has 0 saturated carbocycles. The fraction of sp³-hybridized carbons (Fsp3) is 0.333. The van der Waals surface area contributed by atoms with Crippen molar-refractivity contribution in [1.29, 1.82) is 0 Å². The lowest BCUT2D eigenvalue weighted by Crippen LogP contribution is -2.41. The van der Waals surface area contributed by atoms with Gasteiger partial charge in [0.25, 0.3) is 5.56 Å². The summed E-state index contributed by atoms with van der Waals surface area (Å²) >= 11 is 0. The number of nitrogens with one attached hydrogen (secondary N) is 1. The Kier molecular flexibility index (Phi) is 5.89. The first-order valence-corrected chi connectivity index (χ1v) is 11.1. The lowest BCUT2D eigenvalue weighted by Gasteiger charge is -2.35. The van der Waals surface area contributed by atoms with Crippen LogP contribution in [-0.4, -0.2) is 61.5 Å². The maximum Gasteiger partial charge on any atom is 0.253 e. The molecule has 33 heavy (non-hydrogen) atoms. The number of fused-ring (bicyclic) bond motifs is 1. The van der Waals surface area contributed by atoms with Crippen LogP contribution in [0, 0.1) is 0 Å². The van der Waals surface area contributed by atoms with E-state index in [1.165, 1.54) is 0 Å². The molecule has 1 aliphatic heterocycles. The summed E-state index contributed by atoms with van der Waals surface area (Å²) in [5, 5.41) is 23.5. The molecule has 1 atom stereocenters. The summed E-state index contributed by atoms with van der Waals surface area (Å²) in [6, 6.07) is 17.0. The Hall–Kier alpha value is -3.56. The lowest BCUT2D eigenvalue weighted by molar-refractivity contribution is 0.0659.